The number of nitrogens with zero attached hydrogens (tertiary/aromatic N) is 2. The van der Waals surface area contributed by atoms with Gasteiger partial charge in [-0.1, -0.05) is 23.7 Å². The third kappa shape index (κ3) is 4.98. The number of H-pyrrole nitrogens is 1. The number of hydrogen-bond donors (Lipinski definition) is 2. The molecule has 0 spiro atoms. The number of alkyl halides is 3. The van der Waals surface area contributed by atoms with Gasteiger partial charge in [0.15, 0.2) is 6.61 Å². The van der Waals surface area contributed by atoms with E-state index in [1.165, 1.54) is 24.5 Å². The van der Waals surface area contributed by atoms with Gasteiger partial charge in [0.2, 0.25) is 5.88 Å². The van der Waals surface area contributed by atoms with Crippen molar-refractivity contribution in [2.75, 3.05) is 11.9 Å². The lowest BCUT2D eigenvalue weighted by Crippen LogP contribution is -2.20. The molecular formula is C17H12ClF3N4O2. The zero-order valence-corrected chi connectivity index (χ0v) is 14.3. The number of benzene rings is 1. The third-order valence-electron chi connectivity index (χ3n) is 3.38. The molecule has 6 nitrogen and oxygen atoms in total. The van der Waals surface area contributed by atoms with E-state index in [4.69, 9.17) is 16.3 Å². The van der Waals surface area contributed by atoms with Gasteiger partial charge < -0.3 is 10.1 Å². The first kappa shape index (κ1) is 18.7. The van der Waals surface area contributed by atoms with Crippen LogP contribution in [0, 0.1) is 0 Å². The Bertz CT molecular complexity index is 928. The van der Waals surface area contributed by atoms with Crippen LogP contribution in [0.4, 0.5) is 18.9 Å². The highest BCUT2D eigenvalue weighted by Gasteiger charge is 2.29. The molecule has 2 aromatic heterocycles. The Kier molecular flexibility index (Phi) is 5.31. The Morgan fingerprint density at radius 3 is 2.59 bits per heavy atom. The SMILES string of the molecule is O=C(Nc1cnc(OCC(F)(F)F)c(-c2ccc(Cl)cc2)c1)c1ccn[nH]1. The Morgan fingerprint density at radius 1 is 1.22 bits per heavy atom. The fourth-order valence-corrected chi connectivity index (χ4v) is 2.33. The van der Waals surface area contributed by atoms with Crippen LogP contribution in [0.25, 0.3) is 11.1 Å². The number of anilines is 1. The second-order valence-corrected chi connectivity index (χ2v) is 5.85. The van der Waals surface area contributed by atoms with Gasteiger partial charge in [0.25, 0.3) is 5.91 Å². The monoisotopic (exact) mass is 396 g/mol. The predicted molar refractivity (Wildman–Crippen MR) is 92.8 cm³/mol. The zero-order chi connectivity index (χ0) is 19.4. The molecule has 0 bridgehead atoms. The maximum Gasteiger partial charge on any atom is 0.422 e. The van der Waals surface area contributed by atoms with E-state index >= 15 is 0 Å². The van der Waals surface area contributed by atoms with Crippen LogP contribution in [0.15, 0.2) is 48.8 Å². The molecule has 1 amide bonds. The van der Waals surface area contributed by atoms with Crippen LogP contribution in [0.3, 0.4) is 0 Å². The summed E-state index contributed by atoms with van der Waals surface area (Å²) in [5, 5.41) is 9.25. The second-order valence-electron chi connectivity index (χ2n) is 5.41. The summed E-state index contributed by atoms with van der Waals surface area (Å²) in [5.74, 6) is -0.686. The Morgan fingerprint density at radius 2 is 1.96 bits per heavy atom. The quantitative estimate of drug-likeness (QED) is 0.673. The van der Waals surface area contributed by atoms with Crippen LogP contribution < -0.4 is 10.1 Å². The molecule has 0 unspecified atom stereocenters. The molecule has 0 radical (unpaired) electrons. The lowest BCUT2D eigenvalue weighted by atomic mass is 10.1. The molecule has 0 saturated carbocycles. The van der Waals surface area contributed by atoms with Gasteiger partial charge in [-0.25, -0.2) is 4.98 Å². The van der Waals surface area contributed by atoms with E-state index in [-0.39, 0.29) is 22.8 Å². The molecule has 1 aromatic carbocycles. The van der Waals surface area contributed by atoms with Crippen molar-refractivity contribution in [2.45, 2.75) is 6.18 Å². The van der Waals surface area contributed by atoms with E-state index in [9.17, 15) is 18.0 Å². The number of hydrogen-bond acceptors (Lipinski definition) is 4. The first-order valence-corrected chi connectivity index (χ1v) is 7.96. The van der Waals surface area contributed by atoms with E-state index in [0.717, 1.165) is 0 Å². The number of aromatic amines is 1. The number of halogens is 4. The average molecular weight is 397 g/mol. The van der Waals surface area contributed by atoms with Gasteiger partial charge >= 0.3 is 6.18 Å². The largest absolute Gasteiger partial charge is 0.468 e. The summed E-state index contributed by atoms with van der Waals surface area (Å²) >= 11 is 5.86. The summed E-state index contributed by atoms with van der Waals surface area (Å²) in [7, 11) is 0. The summed E-state index contributed by atoms with van der Waals surface area (Å²) in [6, 6.07) is 9.33. The number of rotatable bonds is 5. The topological polar surface area (TPSA) is 79.9 Å². The van der Waals surface area contributed by atoms with Crippen LogP contribution in [0.1, 0.15) is 10.5 Å². The molecular weight excluding hydrogens is 385 g/mol. The minimum absolute atomic E-state index is 0.214. The van der Waals surface area contributed by atoms with Crippen LogP contribution in [0.2, 0.25) is 5.02 Å². The second kappa shape index (κ2) is 7.67. The number of ether oxygens (including phenoxy) is 1. The number of pyridine rings is 1. The maximum absolute atomic E-state index is 12.5. The van der Waals surface area contributed by atoms with Gasteiger partial charge in [-0.05, 0) is 29.8 Å². The lowest BCUT2D eigenvalue weighted by molar-refractivity contribution is -0.154. The van der Waals surface area contributed by atoms with E-state index < -0.39 is 18.7 Å². The van der Waals surface area contributed by atoms with Crippen molar-refractivity contribution in [1.29, 1.82) is 0 Å². The molecule has 3 aromatic rings. The Labute approximate surface area is 156 Å². The van der Waals surface area contributed by atoms with Crippen LogP contribution in [-0.2, 0) is 0 Å². The van der Waals surface area contributed by atoms with Gasteiger partial charge in [-0.15, -0.1) is 0 Å². The average Bonchev–Trinajstić information content (AvgIpc) is 3.15. The molecule has 0 saturated heterocycles. The Balaban J connectivity index is 1.92. The molecule has 2 heterocycles. The van der Waals surface area contributed by atoms with Gasteiger partial charge in [0.1, 0.15) is 5.69 Å². The number of amides is 1. The number of carbonyl (C=O) groups excluding carboxylic acids is 1. The molecule has 140 valence electrons. The first-order valence-electron chi connectivity index (χ1n) is 7.58. The Hall–Kier alpha value is -3.07. The normalized spacial score (nSPS) is 11.3. The van der Waals surface area contributed by atoms with Crippen molar-refractivity contribution < 1.29 is 22.7 Å². The highest BCUT2D eigenvalue weighted by molar-refractivity contribution is 6.30. The van der Waals surface area contributed by atoms with Crippen LogP contribution in [0.5, 0.6) is 5.88 Å². The predicted octanol–water partition coefficient (Wildman–Crippen LogP) is 4.32. The summed E-state index contributed by atoms with van der Waals surface area (Å²) < 4.78 is 42.3. The molecule has 0 aliphatic carbocycles. The van der Waals surface area contributed by atoms with Crippen molar-refractivity contribution >= 4 is 23.2 Å². The molecule has 3 rings (SSSR count). The van der Waals surface area contributed by atoms with Crippen molar-refractivity contribution in [2.24, 2.45) is 0 Å². The summed E-state index contributed by atoms with van der Waals surface area (Å²) in [5.41, 5.74) is 1.30. The van der Waals surface area contributed by atoms with E-state index in [0.29, 0.717) is 10.6 Å². The number of nitrogens with one attached hydrogen (secondary N) is 2. The highest BCUT2D eigenvalue weighted by atomic mass is 35.5. The molecule has 2 N–H and O–H groups in total. The molecule has 0 aliphatic rings. The van der Waals surface area contributed by atoms with Gasteiger partial charge in [0.05, 0.1) is 11.9 Å². The van der Waals surface area contributed by atoms with Crippen molar-refractivity contribution in [1.82, 2.24) is 15.2 Å². The first-order chi connectivity index (χ1) is 12.8. The van der Waals surface area contributed by atoms with Crippen molar-refractivity contribution in [3.63, 3.8) is 0 Å². The number of aromatic nitrogens is 3. The van der Waals surface area contributed by atoms with Crippen LogP contribution in [-0.4, -0.2) is 33.9 Å². The zero-order valence-electron chi connectivity index (χ0n) is 13.5. The molecule has 0 atom stereocenters. The van der Waals surface area contributed by atoms with Crippen molar-refractivity contribution in [3.05, 3.63) is 59.5 Å². The van der Waals surface area contributed by atoms with E-state index in [1.54, 1.807) is 24.3 Å². The van der Waals surface area contributed by atoms with Gasteiger partial charge in [-0.2, -0.15) is 18.3 Å². The highest BCUT2D eigenvalue weighted by Crippen LogP contribution is 2.32. The number of carbonyl (C=O) groups is 1. The third-order valence-corrected chi connectivity index (χ3v) is 3.63. The molecule has 10 heteroatoms. The van der Waals surface area contributed by atoms with Gasteiger partial charge in [0, 0.05) is 16.8 Å². The summed E-state index contributed by atoms with van der Waals surface area (Å²) in [6.45, 7) is -1.49. The lowest BCUT2D eigenvalue weighted by Gasteiger charge is -2.14. The molecule has 0 fully saturated rings. The maximum atomic E-state index is 12.5. The molecule has 0 aliphatic heterocycles. The van der Waals surface area contributed by atoms with Gasteiger partial charge in [-0.3, -0.25) is 9.89 Å². The standard InChI is InChI=1S/C17H12ClF3N4O2/c18-11-3-1-10(2-4-11)13-7-12(24-15(26)14-5-6-23-25-14)8-22-16(13)27-9-17(19,20)21/h1-8H,9H2,(H,23,25)(H,24,26). The minimum Gasteiger partial charge on any atom is -0.468 e. The minimum atomic E-state index is -4.51. The summed E-state index contributed by atoms with van der Waals surface area (Å²) in [6.07, 6.45) is -1.88. The smallest absolute Gasteiger partial charge is 0.422 e. The molecule has 27 heavy (non-hydrogen) atoms. The van der Waals surface area contributed by atoms with Crippen molar-refractivity contribution in [3.8, 4) is 17.0 Å². The summed E-state index contributed by atoms with van der Waals surface area (Å²) in [4.78, 5) is 16.0. The fraction of sp³-hybridized carbons (Fsp3) is 0.118. The fourth-order valence-electron chi connectivity index (χ4n) is 2.20. The van der Waals surface area contributed by atoms with E-state index in [2.05, 4.69) is 20.5 Å². The van der Waals surface area contributed by atoms with Crippen LogP contribution >= 0.6 is 11.6 Å². The van der Waals surface area contributed by atoms with E-state index in [1.807, 2.05) is 0 Å².